The summed E-state index contributed by atoms with van der Waals surface area (Å²) in [7, 11) is 0. The van der Waals surface area contributed by atoms with Gasteiger partial charge < -0.3 is 10.1 Å². The lowest BCUT2D eigenvalue weighted by Crippen LogP contribution is -2.42. The van der Waals surface area contributed by atoms with Crippen molar-refractivity contribution in [3.8, 4) is 5.75 Å². The first-order valence-electron chi connectivity index (χ1n) is 7.51. The molecule has 0 spiro atoms. The number of nitrogens with zero attached hydrogens (tertiary/aromatic N) is 1. The Labute approximate surface area is 131 Å². The van der Waals surface area contributed by atoms with E-state index in [0.717, 1.165) is 18.8 Å². The van der Waals surface area contributed by atoms with Gasteiger partial charge >= 0.3 is 0 Å². The summed E-state index contributed by atoms with van der Waals surface area (Å²) in [6, 6.07) is 7.21. The minimum absolute atomic E-state index is 0.0730. The van der Waals surface area contributed by atoms with Gasteiger partial charge in [-0.15, -0.1) is 0 Å². The van der Waals surface area contributed by atoms with Gasteiger partial charge in [-0.3, -0.25) is 9.69 Å². The Morgan fingerprint density at radius 1 is 1.43 bits per heavy atom. The number of nitrogens with one attached hydrogen (secondary N) is 1. The second-order valence-corrected chi connectivity index (χ2v) is 6.07. The smallest absolute Gasteiger partial charge is 0.234 e. The fourth-order valence-corrected chi connectivity index (χ4v) is 2.71. The van der Waals surface area contributed by atoms with Crippen molar-refractivity contribution in [2.24, 2.45) is 5.92 Å². The first-order valence-corrected chi connectivity index (χ1v) is 7.88. The van der Waals surface area contributed by atoms with E-state index in [0.29, 0.717) is 30.6 Å². The lowest BCUT2D eigenvalue weighted by molar-refractivity contribution is -0.122. The van der Waals surface area contributed by atoms with E-state index in [2.05, 4.69) is 17.1 Å². The van der Waals surface area contributed by atoms with Crippen LogP contribution < -0.4 is 10.1 Å². The molecule has 1 aromatic rings. The molecule has 0 aliphatic carbocycles. The van der Waals surface area contributed by atoms with Crippen molar-refractivity contribution in [1.29, 1.82) is 0 Å². The molecule has 1 atom stereocenters. The summed E-state index contributed by atoms with van der Waals surface area (Å²) in [5.74, 6) is 1.53. The van der Waals surface area contributed by atoms with Crippen LogP contribution in [0.1, 0.15) is 19.8 Å². The zero-order valence-corrected chi connectivity index (χ0v) is 13.2. The molecule has 0 unspecified atom stereocenters. The van der Waals surface area contributed by atoms with Crippen LogP contribution in [-0.4, -0.2) is 43.6 Å². The summed E-state index contributed by atoms with van der Waals surface area (Å²) in [6.45, 7) is 5.76. The maximum Gasteiger partial charge on any atom is 0.234 e. The third kappa shape index (κ3) is 5.94. The van der Waals surface area contributed by atoms with Gasteiger partial charge in [0.25, 0.3) is 0 Å². The molecule has 1 aromatic carbocycles. The second-order valence-electron chi connectivity index (χ2n) is 5.63. The van der Waals surface area contributed by atoms with E-state index < -0.39 is 0 Å². The van der Waals surface area contributed by atoms with Crippen LogP contribution in [0.4, 0.5) is 0 Å². The number of rotatable bonds is 6. The summed E-state index contributed by atoms with van der Waals surface area (Å²) < 4.78 is 5.53. The van der Waals surface area contributed by atoms with Crippen molar-refractivity contribution < 1.29 is 9.53 Å². The summed E-state index contributed by atoms with van der Waals surface area (Å²) in [6.07, 6.45) is 2.46. The number of carbonyl (C=O) groups is 1. The molecule has 0 radical (unpaired) electrons. The van der Waals surface area contributed by atoms with Crippen molar-refractivity contribution in [2.45, 2.75) is 19.8 Å². The number of amides is 1. The normalized spacial score (nSPS) is 19.2. The molecule has 2 rings (SSSR count). The van der Waals surface area contributed by atoms with E-state index in [-0.39, 0.29) is 5.91 Å². The monoisotopic (exact) mass is 310 g/mol. The Morgan fingerprint density at radius 3 is 2.90 bits per heavy atom. The lowest BCUT2D eigenvalue weighted by Gasteiger charge is -2.30. The average molecular weight is 311 g/mol. The highest BCUT2D eigenvalue weighted by Crippen LogP contribution is 2.15. The van der Waals surface area contributed by atoms with E-state index in [1.807, 2.05) is 12.1 Å². The summed E-state index contributed by atoms with van der Waals surface area (Å²) in [5.41, 5.74) is 0. The van der Waals surface area contributed by atoms with E-state index in [9.17, 15) is 4.79 Å². The average Bonchev–Trinajstić information content (AvgIpc) is 2.45. The first kappa shape index (κ1) is 16.1. The molecule has 0 aromatic heterocycles. The van der Waals surface area contributed by atoms with Crippen molar-refractivity contribution >= 4 is 17.5 Å². The Morgan fingerprint density at radius 2 is 2.19 bits per heavy atom. The largest absolute Gasteiger partial charge is 0.492 e. The molecular weight excluding hydrogens is 288 g/mol. The fourth-order valence-electron chi connectivity index (χ4n) is 2.58. The molecule has 116 valence electrons. The van der Waals surface area contributed by atoms with Crippen molar-refractivity contribution in [1.82, 2.24) is 10.2 Å². The Balaban J connectivity index is 1.59. The number of hydrogen-bond donors (Lipinski definition) is 1. The van der Waals surface area contributed by atoms with Crippen LogP contribution in [0.15, 0.2) is 24.3 Å². The van der Waals surface area contributed by atoms with Crippen LogP contribution in [0.25, 0.3) is 0 Å². The highest BCUT2D eigenvalue weighted by atomic mass is 35.5. The number of benzene rings is 1. The number of ether oxygens (including phenoxy) is 1. The van der Waals surface area contributed by atoms with Gasteiger partial charge in [-0.1, -0.05) is 18.5 Å². The Bertz CT molecular complexity index is 450. The second kappa shape index (κ2) is 8.25. The first-order chi connectivity index (χ1) is 10.1. The molecule has 0 bridgehead atoms. The molecule has 5 heteroatoms. The maximum atomic E-state index is 11.8. The van der Waals surface area contributed by atoms with E-state index in [1.165, 1.54) is 12.8 Å². The highest BCUT2D eigenvalue weighted by molar-refractivity contribution is 6.30. The van der Waals surface area contributed by atoms with Gasteiger partial charge in [-0.25, -0.2) is 0 Å². The zero-order chi connectivity index (χ0) is 15.1. The highest BCUT2D eigenvalue weighted by Gasteiger charge is 2.18. The molecule has 1 fully saturated rings. The van der Waals surface area contributed by atoms with Gasteiger partial charge in [0, 0.05) is 11.6 Å². The van der Waals surface area contributed by atoms with Gasteiger partial charge in [-0.05, 0) is 49.6 Å². The molecule has 1 heterocycles. The van der Waals surface area contributed by atoms with Crippen LogP contribution in [0, 0.1) is 5.92 Å². The molecule has 21 heavy (non-hydrogen) atoms. The zero-order valence-electron chi connectivity index (χ0n) is 12.5. The third-order valence-corrected chi connectivity index (χ3v) is 3.87. The molecule has 1 saturated heterocycles. The van der Waals surface area contributed by atoms with Crippen molar-refractivity contribution in [2.75, 3.05) is 32.8 Å². The number of likely N-dealkylation sites (tertiary alicyclic amines) is 1. The SMILES string of the molecule is C[C@@H]1CCCN(CC(=O)NCCOc2ccc(Cl)cc2)C1. The fraction of sp³-hybridized carbons (Fsp3) is 0.562. The van der Waals surface area contributed by atoms with Gasteiger partial charge in [-0.2, -0.15) is 0 Å². The van der Waals surface area contributed by atoms with E-state index in [1.54, 1.807) is 12.1 Å². The third-order valence-electron chi connectivity index (χ3n) is 3.61. The number of hydrogen-bond acceptors (Lipinski definition) is 3. The molecule has 0 saturated carbocycles. The standard InChI is InChI=1S/C16H23ClN2O2/c1-13-3-2-9-19(11-13)12-16(20)18-8-10-21-15-6-4-14(17)5-7-15/h4-7,13H,2-3,8-12H2,1H3,(H,18,20)/t13-/m1/s1. The van der Waals surface area contributed by atoms with Crippen LogP contribution in [0.3, 0.4) is 0 Å². The topological polar surface area (TPSA) is 41.6 Å². The van der Waals surface area contributed by atoms with Crippen LogP contribution in [0.2, 0.25) is 5.02 Å². The van der Waals surface area contributed by atoms with Crippen LogP contribution in [0.5, 0.6) is 5.75 Å². The van der Waals surface area contributed by atoms with Gasteiger partial charge in [0.2, 0.25) is 5.91 Å². The molecule has 4 nitrogen and oxygen atoms in total. The van der Waals surface area contributed by atoms with Gasteiger partial charge in [0.15, 0.2) is 0 Å². The van der Waals surface area contributed by atoms with Gasteiger partial charge in [0.05, 0.1) is 13.1 Å². The number of carbonyl (C=O) groups excluding carboxylic acids is 1. The quantitative estimate of drug-likeness (QED) is 0.821. The Kier molecular flexibility index (Phi) is 6.33. The van der Waals surface area contributed by atoms with E-state index in [4.69, 9.17) is 16.3 Å². The van der Waals surface area contributed by atoms with Gasteiger partial charge in [0.1, 0.15) is 12.4 Å². The molecule has 1 aliphatic heterocycles. The maximum absolute atomic E-state index is 11.8. The molecule has 1 N–H and O–H groups in total. The van der Waals surface area contributed by atoms with E-state index >= 15 is 0 Å². The van der Waals surface area contributed by atoms with Crippen LogP contribution >= 0.6 is 11.6 Å². The Hall–Kier alpha value is -1.26. The number of halogens is 1. The predicted octanol–water partition coefficient (Wildman–Crippen LogP) is 2.57. The van der Waals surface area contributed by atoms with Crippen molar-refractivity contribution in [3.63, 3.8) is 0 Å². The van der Waals surface area contributed by atoms with Crippen molar-refractivity contribution in [3.05, 3.63) is 29.3 Å². The number of piperidine rings is 1. The summed E-state index contributed by atoms with van der Waals surface area (Å²) in [4.78, 5) is 14.1. The van der Waals surface area contributed by atoms with Crippen LogP contribution in [-0.2, 0) is 4.79 Å². The molecule has 1 aliphatic rings. The molecule has 1 amide bonds. The molecular formula is C16H23ClN2O2. The summed E-state index contributed by atoms with van der Waals surface area (Å²) >= 11 is 5.80. The lowest BCUT2D eigenvalue weighted by atomic mass is 10.0. The minimum Gasteiger partial charge on any atom is -0.492 e. The summed E-state index contributed by atoms with van der Waals surface area (Å²) in [5, 5.41) is 3.58. The minimum atomic E-state index is 0.0730. The predicted molar refractivity (Wildman–Crippen MR) is 84.8 cm³/mol.